The van der Waals surface area contributed by atoms with Crippen molar-refractivity contribution in [2.75, 3.05) is 13.2 Å². The van der Waals surface area contributed by atoms with Crippen molar-refractivity contribution in [3.8, 4) is 0 Å². The van der Waals surface area contributed by atoms with E-state index in [0.29, 0.717) is 25.9 Å². The van der Waals surface area contributed by atoms with Gasteiger partial charge in [0.25, 0.3) is 0 Å². The molecule has 60 heavy (non-hydrogen) atoms. The largest absolute Gasteiger partial charge is 0.466 e. The van der Waals surface area contributed by atoms with Gasteiger partial charge >= 0.3 is 5.97 Å². The van der Waals surface area contributed by atoms with Crippen molar-refractivity contribution < 1.29 is 24.5 Å². The summed E-state index contributed by atoms with van der Waals surface area (Å²) in [6.07, 6.45) is 57.6. The third-order valence-electron chi connectivity index (χ3n) is 12.6. The Kier molecular flexibility index (Phi) is 49.1. The monoisotopic (exact) mass is 848 g/mol. The van der Waals surface area contributed by atoms with Crippen molar-refractivity contribution in [1.82, 2.24) is 5.32 Å². The van der Waals surface area contributed by atoms with Crippen LogP contribution in [0.4, 0.5) is 0 Å². The van der Waals surface area contributed by atoms with Crippen molar-refractivity contribution in [1.29, 1.82) is 0 Å². The zero-order valence-corrected chi connectivity index (χ0v) is 40.5. The molecular weight excluding hydrogens is 743 g/mol. The van der Waals surface area contributed by atoms with E-state index >= 15 is 0 Å². The molecule has 2 unspecified atom stereocenters. The normalized spacial score (nSPS) is 12.7. The number of unbranched alkanes of at least 4 members (excludes halogenated alkanes) is 37. The molecule has 0 aliphatic heterocycles. The van der Waals surface area contributed by atoms with Gasteiger partial charge in [0.2, 0.25) is 5.91 Å². The number of carbonyl (C=O) groups is 2. The average molecular weight is 848 g/mol. The van der Waals surface area contributed by atoms with Crippen LogP contribution in [0.15, 0.2) is 12.2 Å². The first-order valence-electron chi connectivity index (χ1n) is 26.9. The predicted molar refractivity (Wildman–Crippen MR) is 260 cm³/mol. The summed E-state index contributed by atoms with van der Waals surface area (Å²) in [4.78, 5) is 24.4. The molecule has 0 aromatic rings. The van der Waals surface area contributed by atoms with Gasteiger partial charge in [-0.2, -0.15) is 0 Å². The maximum absolute atomic E-state index is 12.4. The van der Waals surface area contributed by atoms with Gasteiger partial charge in [-0.05, 0) is 51.4 Å². The molecular formula is C54H105NO5. The summed E-state index contributed by atoms with van der Waals surface area (Å²) < 4.78 is 5.47. The van der Waals surface area contributed by atoms with Crippen molar-refractivity contribution in [2.45, 2.75) is 309 Å². The van der Waals surface area contributed by atoms with Gasteiger partial charge in [-0.15, -0.1) is 0 Å². The molecule has 356 valence electrons. The molecule has 0 saturated carbocycles. The van der Waals surface area contributed by atoms with Crippen LogP contribution in [0.1, 0.15) is 296 Å². The molecule has 3 N–H and O–H groups in total. The molecule has 0 spiro atoms. The third-order valence-corrected chi connectivity index (χ3v) is 12.6. The van der Waals surface area contributed by atoms with Crippen molar-refractivity contribution in [2.24, 2.45) is 0 Å². The van der Waals surface area contributed by atoms with E-state index in [0.717, 1.165) is 44.9 Å². The van der Waals surface area contributed by atoms with Crippen LogP contribution in [0.3, 0.4) is 0 Å². The Morgan fingerprint density at radius 2 is 0.783 bits per heavy atom. The number of amides is 1. The van der Waals surface area contributed by atoms with Crippen LogP contribution in [0, 0.1) is 0 Å². The van der Waals surface area contributed by atoms with Gasteiger partial charge in [-0.1, -0.05) is 244 Å². The zero-order valence-electron chi connectivity index (χ0n) is 40.5. The molecule has 0 aliphatic carbocycles. The molecule has 0 bridgehead atoms. The van der Waals surface area contributed by atoms with Gasteiger partial charge in [-0.25, -0.2) is 0 Å². The van der Waals surface area contributed by atoms with Gasteiger partial charge in [0.15, 0.2) is 0 Å². The maximum Gasteiger partial charge on any atom is 0.305 e. The fourth-order valence-electron chi connectivity index (χ4n) is 8.40. The standard InChI is InChI=1S/C54H105NO5/c1-3-5-7-9-11-13-15-16-21-25-28-32-36-40-44-48-54(59)60-49-45-41-37-33-29-26-23-20-18-17-19-22-24-27-31-35-39-43-47-53(58)55-51(50-56)52(57)46-42-38-34-30-14-12-10-8-6-4-2/h16,21,51-52,56-57H,3-15,17-20,22-50H2,1-2H3,(H,55,58)/b21-16-. The first-order valence-corrected chi connectivity index (χ1v) is 26.9. The Balaban J connectivity index is 3.38. The summed E-state index contributed by atoms with van der Waals surface area (Å²) in [6.45, 7) is 4.93. The quantitative estimate of drug-likeness (QED) is 0.0322. The number of nitrogens with one attached hydrogen (secondary N) is 1. The number of hydrogen-bond donors (Lipinski definition) is 3. The lowest BCUT2D eigenvalue weighted by Crippen LogP contribution is -2.45. The Morgan fingerprint density at radius 1 is 0.450 bits per heavy atom. The van der Waals surface area contributed by atoms with Crippen LogP contribution in [0.5, 0.6) is 0 Å². The fourth-order valence-corrected chi connectivity index (χ4v) is 8.40. The molecule has 0 rings (SSSR count). The Morgan fingerprint density at radius 3 is 1.18 bits per heavy atom. The second-order valence-electron chi connectivity index (χ2n) is 18.6. The highest BCUT2D eigenvalue weighted by atomic mass is 16.5. The number of esters is 1. The van der Waals surface area contributed by atoms with Crippen LogP contribution in [-0.2, 0) is 14.3 Å². The van der Waals surface area contributed by atoms with Crippen molar-refractivity contribution >= 4 is 11.9 Å². The number of rotatable bonds is 50. The first kappa shape index (κ1) is 58.6. The summed E-state index contributed by atoms with van der Waals surface area (Å²) in [5.41, 5.74) is 0. The molecule has 6 nitrogen and oxygen atoms in total. The minimum Gasteiger partial charge on any atom is -0.466 e. The van der Waals surface area contributed by atoms with Crippen molar-refractivity contribution in [3.05, 3.63) is 12.2 Å². The van der Waals surface area contributed by atoms with E-state index in [-0.39, 0.29) is 18.5 Å². The lowest BCUT2D eigenvalue weighted by Gasteiger charge is -2.22. The van der Waals surface area contributed by atoms with Gasteiger partial charge in [0, 0.05) is 12.8 Å². The molecule has 0 heterocycles. The summed E-state index contributed by atoms with van der Waals surface area (Å²) in [6, 6.07) is -0.542. The SMILES string of the molecule is CCCCCCCC/C=C\CCCCCCCC(=O)OCCCCCCCCCCCCCCCCCCCCC(=O)NC(CO)C(O)CCCCCCCCCCCC. The van der Waals surface area contributed by atoms with Gasteiger partial charge in [0.05, 0.1) is 25.4 Å². The number of aliphatic hydroxyl groups is 2. The van der Waals surface area contributed by atoms with Crippen LogP contribution < -0.4 is 5.32 Å². The zero-order chi connectivity index (χ0) is 43.7. The minimum atomic E-state index is -0.664. The lowest BCUT2D eigenvalue weighted by molar-refractivity contribution is -0.143. The minimum absolute atomic E-state index is 0.000526. The summed E-state index contributed by atoms with van der Waals surface area (Å²) >= 11 is 0. The van der Waals surface area contributed by atoms with E-state index in [9.17, 15) is 19.8 Å². The Hall–Kier alpha value is -1.40. The molecule has 6 heteroatoms. The Bertz CT molecular complexity index is 893. The third kappa shape index (κ3) is 46.1. The van der Waals surface area contributed by atoms with E-state index < -0.39 is 12.1 Å². The van der Waals surface area contributed by atoms with E-state index in [4.69, 9.17) is 4.74 Å². The summed E-state index contributed by atoms with van der Waals surface area (Å²) in [7, 11) is 0. The van der Waals surface area contributed by atoms with E-state index in [1.54, 1.807) is 0 Å². The van der Waals surface area contributed by atoms with E-state index in [1.165, 1.54) is 218 Å². The molecule has 1 amide bonds. The molecule has 0 fully saturated rings. The Labute approximate surface area is 374 Å². The first-order chi connectivity index (χ1) is 29.5. The number of carbonyl (C=O) groups excluding carboxylic acids is 2. The highest BCUT2D eigenvalue weighted by Gasteiger charge is 2.20. The van der Waals surface area contributed by atoms with Crippen molar-refractivity contribution in [3.63, 3.8) is 0 Å². The van der Waals surface area contributed by atoms with Crippen LogP contribution in [-0.4, -0.2) is 47.4 Å². The summed E-state index contributed by atoms with van der Waals surface area (Å²) in [5, 5.41) is 23.1. The number of allylic oxidation sites excluding steroid dienone is 2. The second-order valence-corrected chi connectivity index (χ2v) is 18.6. The molecule has 0 saturated heterocycles. The van der Waals surface area contributed by atoms with Gasteiger partial charge < -0.3 is 20.3 Å². The van der Waals surface area contributed by atoms with Gasteiger partial charge in [0.1, 0.15) is 0 Å². The molecule has 2 atom stereocenters. The predicted octanol–water partition coefficient (Wildman–Crippen LogP) is 16.1. The summed E-state index contributed by atoms with van der Waals surface area (Å²) in [5.74, 6) is -0.0407. The maximum atomic E-state index is 12.4. The molecule has 0 radical (unpaired) electrons. The highest BCUT2D eigenvalue weighted by Crippen LogP contribution is 2.17. The molecule has 0 aromatic heterocycles. The number of hydrogen-bond acceptors (Lipinski definition) is 5. The van der Waals surface area contributed by atoms with E-state index in [2.05, 4.69) is 31.3 Å². The smallest absolute Gasteiger partial charge is 0.305 e. The van der Waals surface area contributed by atoms with E-state index in [1.807, 2.05) is 0 Å². The average Bonchev–Trinajstić information content (AvgIpc) is 3.25. The van der Waals surface area contributed by atoms with Crippen LogP contribution in [0.2, 0.25) is 0 Å². The fraction of sp³-hybridized carbons (Fsp3) is 0.926. The molecule has 0 aliphatic rings. The van der Waals surface area contributed by atoms with Gasteiger partial charge in [-0.3, -0.25) is 9.59 Å². The topological polar surface area (TPSA) is 95.9 Å². The number of ether oxygens (including phenoxy) is 1. The van der Waals surface area contributed by atoms with Crippen LogP contribution in [0.25, 0.3) is 0 Å². The van der Waals surface area contributed by atoms with Crippen LogP contribution >= 0.6 is 0 Å². The lowest BCUT2D eigenvalue weighted by atomic mass is 10.0. The second kappa shape index (κ2) is 50.2. The highest BCUT2D eigenvalue weighted by molar-refractivity contribution is 5.76. The molecule has 0 aromatic carbocycles. The number of aliphatic hydroxyl groups excluding tert-OH is 2.